The summed E-state index contributed by atoms with van der Waals surface area (Å²) in [5.41, 5.74) is -0.118. The Morgan fingerprint density at radius 3 is 2.62 bits per heavy atom. The number of fused-ring (bicyclic) bond motifs is 1. The molecule has 0 radical (unpaired) electrons. The summed E-state index contributed by atoms with van der Waals surface area (Å²) in [6, 6.07) is 6.21. The van der Waals surface area contributed by atoms with Gasteiger partial charge in [-0.15, -0.1) is 0 Å². The van der Waals surface area contributed by atoms with Crippen LogP contribution in [0, 0.1) is 0 Å². The Morgan fingerprint density at radius 1 is 1.12 bits per heavy atom. The maximum atomic E-state index is 11.8. The maximum Gasteiger partial charge on any atom is 0.255 e. The lowest BCUT2D eigenvalue weighted by Crippen LogP contribution is -2.38. The summed E-state index contributed by atoms with van der Waals surface area (Å²) in [7, 11) is 0. The van der Waals surface area contributed by atoms with Crippen molar-refractivity contribution in [3.8, 4) is 5.75 Å². The minimum absolute atomic E-state index is 0.118. The van der Waals surface area contributed by atoms with Gasteiger partial charge in [0.15, 0.2) is 0 Å². The molecule has 4 rings (SSSR count). The molecule has 24 heavy (non-hydrogen) atoms. The lowest BCUT2D eigenvalue weighted by atomic mass is 9.92. The van der Waals surface area contributed by atoms with Crippen molar-refractivity contribution in [1.29, 1.82) is 0 Å². The standard InChI is InChI=1S/C19H23ClN2O2/c20-17-12-16-13(7-8-21-19(16)23)11-18(17)24-15-5-3-14(4-6-15)22-9-1-2-10-22/h7-8,11-12,14-15H,1-6,9-10H2,(H,21,23)/t14-,15-. The number of aromatic amines is 1. The van der Waals surface area contributed by atoms with Gasteiger partial charge in [0.25, 0.3) is 5.56 Å². The number of hydrogen-bond acceptors (Lipinski definition) is 3. The highest BCUT2D eigenvalue weighted by Crippen LogP contribution is 2.33. The molecule has 1 aliphatic heterocycles. The number of ether oxygens (including phenoxy) is 1. The molecule has 0 amide bonds. The first-order valence-corrected chi connectivity index (χ1v) is 9.30. The normalized spacial score (nSPS) is 25.2. The predicted molar refractivity (Wildman–Crippen MR) is 97.1 cm³/mol. The van der Waals surface area contributed by atoms with Crippen LogP contribution in [0.4, 0.5) is 0 Å². The van der Waals surface area contributed by atoms with Gasteiger partial charge in [0.2, 0.25) is 0 Å². The molecule has 128 valence electrons. The van der Waals surface area contributed by atoms with Crippen molar-refractivity contribution < 1.29 is 4.74 Å². The van der Waals surface area contributed by atoms with Crippen LogP contribution >= 0.6 is 11.6 Å². The third kappa shape index (κ3) is 3.17. The Morgan fingerprint density at radius 2 is 1.88 bits per heavy atom. The predicted octanol–water partition coefficient (Wildman–Crippen LogP) is 3.97. The van der Waals surface area contributed by atoms with Gasteiger partial charge in [0, 0.05) is 17.6 Å². The van der Waals surface area contributed by atoms with Crippen LogP contribution in [0.5, 0.6) is 5.75 Å². The SMILES string of the molecule is O=c1[nH]ccc2cc(O[C@H]3CC[C@H](N4CCCC4)CC3)c(Cl)cc12. The van der Waals surface area contributed by atoms with Gasteiger partial charge in [-0.1, -0.05) is 11.6 Å². The molecule has 1 aliphatic carbocycles. The molecule has 1 saturated carbocycles. The van der Waals surface area contributed by atoms with Crippen LogP contribution in [0.15, 0.2) is 29.2 Å². The third-order valence-electron chi connectivity index (χ3n) is 5.42. The first kappa shape index (κ1) is 16.0. The van der Waals surface area contributed by atoms with Crippen LogP contribution < -0.4 is 10.3 Å². The smallest absolute Gasteiger partial charge is 0.255 e. The molecule has 1 N–H and O–H groups in total. The van der Waals surface area contributed by atoms with Gasteiger partial charge in [0.1, 0.15) is 5.75 Å². The quantitative estimate of drug-likeness (QED) is 0.914. The molecule has 0 bridgehead atoms. The highest BCUT2D eigenvalue weighted by Gasteiger charge is 2.28. The Hall–Kier alpha value is -1.52. The Labute approximate surface area is 146 Å². The fraction of sp³-hybridized carbons (Fsp3) is 0.526. The number of nitrogens with zero attached hydrogens (tertiary/aromatic N) is 1. The second-order valence-electron chi connectivity index (χ2n) is 6.97. The van der Waals surface area contributed by atoms with E-state index >= 15 is 0 Å². The molecule has 0 unspecified atom stereocenters. The van der Waals surface area contributed by atoms with E-state index in [1.165, 1.54) is 38.8 Å². The number of benzene rings is 1. The summed E-state index contributed by atoms with van der Waals surface area (Å²) in [5.74, 6) is 0.694. The molecule has 1 aromatic heterocycles. The maximum absolute atomic E-state index is 11.8. The van der Waals surface area contributed by atoms with E-state index in [1.54, 1.807) is 12.3 Å². The molecule has 0 atom stereocenters. The summed E-state index contributed by atoms with van der Waals surface area (Å²) >= 11 is 6.34. The molecule has 2 aliphatic rings. The van der Waals surface area contributed by atoms with E-state index in [1.807, 2.05) is 12.1 Å². The van der Waals surface area contributed by atoms with Crippen LogP contribution in [-0.2, 0) is 0 Å². The first-order chi connectivity index (χ1) is 11.7. The highest BCUT2D eigenvalue weighted by molar-refractivity contribution is 6.32. The topological polar surface area (TPSA) is 45.3 Å². The Balaban J connectivity index is 1.45. The van der Waals surface area contributed by atoms with Gasteiger partial charge in [-0.2, -0.15) is 0 Å². The number of aromatic nitrogens is 1. The molecule has 1 saturated heterocycles. The van der Waals surface area contributed by atoms with Crippen molar-refractivity contribution in [3.05, 3.63) is 39.8 Å². The van der Waals surface area contributed by atoms with E-state index in [9.17, 15) is 4.79 Å². The van der Waals surface area contributed by atoms with Crippen molar-refractivity contribution >= 4 is 22.4 Å². The zero-order valence-corrected chi connectivity index (χ0v) is 14.5. The third-order valence-corrected chi connectivity index (χ3v) is 5.72. The number of rotatable bonds is 3. The lowest BCUT2D eigenvalue weighted by Gasteiger charge is -2.34. The van der Waals surface area contributed by atoms with Crippen LogP contribution in [-0.4, -0.2) is 35.1 Å². The van der Waals surface area contributed by atoms with E-state index < -0.39 is 0 Å². The molecular formula is C19H23ClN2O2. The molecule has 1 aromatic carbocycles. The number of H-pyrrole nitrogens is 1. The fourth-order valence-electron chi connectivity index (χ4n) is 4.09. The van der Waals surface area contributed by atoms with Gasteiger partial charge in [-0.25, -0.2) is 0 Å². The van der Waals surface area contributed by atoms with E-state index in [0.717, 1.165) is 24.3 Å². The molecule has 2 aromatic rings. The number of hydrogen-bond donors (Lipinski definition) is 1. The van der Waals surface area contributed by atoms with Crippen molar-refractivity contribution in [2.24, 2.45) is 0 Å². The summed E-state index contributed by atoms with van der Waals surface area (Å²) in [5, 5.41) is 1.98. The Kier molecular flexibility index (Phi) is 4.51. The second kappa shape index (κ2) is 6.77. The molecule has 4 nitrogen and oxygen atoms in total. The molecule has 0 spiro atoms. The summed E-state index contributed by atoms with van der Waals surface area (Å²) < 4.78 is 6.18. The zero-order valence-electron chi connectivity index (χ0n) is 13.8. The second-order valence-corrected chi connectivity index (χ2v) is 7.38. The number of pyridine rings is 1. The van der Waals surface area contributed by atoms with E-state index in [4.69, 9.17) is 16.3 Å². The minimum atomic E-state index is -0.118. The molecular weight excluding hydrogens is 324 g/mol. The first-order valence-electron chi connectivity index (χ1n) is 8.92. The Bertz CT molecular complexity index is 775. The summed E-state index contributed by atoms with van der Waals surface area (Å²) in [6.45, 7) is 2.53. The van der Waals surface area contributed by atoms with E-state index in [0.29, 0.717) is 16.2 Å². The minimum Gasteiger partial charge on any atom is -0.489 e. The molecule has 5 heteroatoms. The van der Waals surface area contributed by atoms with E-state index in [-0.39, 0.29) is 11.7 Å². The monoisotopic (exact) mass is 346 g/mol. The van der Waals surface area contributed by atoms with Crippen LogP contribution in [0.2, 0.25) is 5.02 Å². The van der Waals surface area contributed by atoms with Gasteiger partial charge < -0.3 is 14.6 Å². The van der Waals surface area contributed by atoms with Gasteiger partial charge in [-0.3, -0.25) is 4.79 Å². The van der Waals surface area contributed by atoms with Crippen molar-refractivity contribution in [3.63, 3.8) is 0 Å². The van der Waals surface area contributed by atoms with Crippen molar-refractivity contribution in [1.82, 2.24) is 9.88 Å². The van der Waals surface area contributed by atoms with Gasteiger partial charge >= 0.3 is 0 Å². The number of likely N-dealkylation sites (tertiary alicyclic amines) is 1. The van der Waals surface area contributed by atoms with Gasteiger partial charge in [-0.05, 0) is 75.2 Å². The molecule has 2 heterocycles. The highest BCUT2D eigenvalue weighted by atomic mass is 35.5. The summed E-state index contributed by atoms with van der Waals surface area (Å²) in [4.78, 5) is 17.2. The van der Waals surface area contributed by atoms with Crippen LogP contribution in [0.1, 0.15) is 38.5 Å². The largest absolute Gasteiger partial charge is 0.489 e. The zero-order chi connectivity index (χ0) is 16.5. The van der Waals surface area contributed by atoms with E-state index in [2.05, 4.69) is 9.88 Å². The van der Waals surface area contributed by atoms with Crippen LogP contribution in [0.25, 0.3) is 10.8 Å². The lowest BCUT2D eigenvalue weighted by molar-refractivity contribution is 0.100. The number of halogens is 1. The summed E-state index contributed by atoms with van der Waals surface area (Å²) in [6.07, 6.45) is 9.13. The number of nitrogens with one attached hydrogen (secondary N) is 1. The van der Waals surface area contributed by atoms with Crippen LogP contribution in [0.3, 0.4) is 0 Å². The average molecular weight is 347 g/mol. The molecule has 2 fully saturated rings. The van der Waals surface area contributed by atoms with Crippen molar-refractivity contribution in [2.45, 2.75) is 50.7 Å². The van der Waals surface area contributed by atoms with Gasteiger partial charge in [0.05, 0.1) is 11.1 Å². The fourth-order valence-corrected chi connectivity index (χ4v) is 4.30. The average Bonchev–Trinajstić information content (AvgIpc) is 3.12. The van der Waals surface area contributed by atoms with Crippen molar-refractivity contribution in [2.75, 3.05) is 13.1 Å².